The number of aliphatic hydroxyl groups excluding tert-OH is 1. The van der Waals surface area contributed by atoms with Crippen LogP contribution < -0.4 is 0 Å². The van der Waals surface area contributed by atoms with Crippen molar-refractivity contribution in [1.29, 1.82) is 0 Å². The molecule has 7 rings (SSSR count). The average molecular weight is 570 g/mol. The van der Waals surface area contributed by atoms with Gasteiger partial charge in [-0.3, -0.25) is 9.69 Å². The number of fused-ring (bicyclic) bond motifs is 8. The first-order chi connectivity index (χ1) is 20.3. The van der Waals surface area contributed by atoms with Crippen LogP contribution in [0.15, 0.2) is 60.2 Å². The van der Waals surface area contributed by atoms with Crippen molar-refractivity contribution in [2.24, 2.45) is 11.3 Å². The monoisotopic (exact) mass is 569 g/mol. The van der Waals surface area contributed by atoms with Crippen LogP contribution in [0.2, 0.25) is 0 Å². The molecule has 0 radical (unpaired) electrons. The number of carbonyl (C=O) groups is 2. The van der Waals surface area contributed by atoms with E-state index in [1.54, 1.807) is 0 Å². The fourth-order valence-corrected chi connectivity index (χ4v) is 8.51. The topological polar surface area (TPSA) is 66.8 Å². The van der Waals surface area contributed by atoms with Gasteiger partial charge >= 0.3 is 6.09 Å². The second kappa shape index (κ2) is 12.0. The molecule has 2 bridgehead atoms. The molecular weight excluding hydrogens is 522 g/mol. The Morgan fingerprint density at radius 2 is 1.81 bits per heavy atom. The third-order valence-corrected chi connectivity index (χ3v) is 11.1. The lowest BCUT2D eigenvalue weighted by atomic mass is 9.64. The molecule has 0 aromatic heterocycles. The highest BCUT2D eigenvalue weighted by Crippen LogP contribution is 2.62. The van der Waals surface area contributed by atoms with E-state index in [1.165, 1.54) is 12.0 Å². The number of allylic oxidation sites excluding steroid dienone is 2. The SMILES string of the molecule is CC1=CCC[C@@]2(C)[C@@H](CC[C@@]23CN(Cc2ccccc2)C(=O)O3)c2ccc(cc2C(=O)C2CCCCC2)C[C@@H](O)CC1. The molecule has 3 fully saturated rings. The Morgan fingerprint density at radius 3 is 2.60 bits per heavy atom. The van der Waals surface area contributed by atoms with Gasteiger partial charge in [0.25, 0.3) is 0 Å². The molecule has 1 spiro atoms. The van der Waals surface area contributed by atoms with Crippen molar-refractivity contribution in [3.05, 3.63) is 82.4 Å². The summed E-state index contributed by atoms with van der Waals surface area (Å²) in [5.41, 5.74) is 4.51. The van der Waals surface area contributed by atoms with E-state index in [2.05, 4.69) is 50.3 Å². The lowest BCUT2D eigenvalue weighted by molar-refractivity contribution is -0.0373. The molecule has 224 valence electrons. The molecule has 5 heteroatoms. The number of hydrogen-bond acceptors (Lipinski definition) is 4. The normalized spacial score (nSPS) is 30.6. The van der Waals surface area contributed by atoms with Crippen molar-refractivity contribution < 1.29 is 19.4 Å². The minimum Gasteiger partial charge on any atom is -0.440 e. The number of hydrogen-bond donors (Lipinski definition) is 1. The Morgan fingerprint density at radius 1 is 1.02 bits per heavy atom. The molecule has 5 nitrogen and oxygen atoms in total. The van der Waals surface area contributed by atoms with E-state index in [9.17, 15) is 14.7 Å². The van der Waals surface area contributed by atoms with E-state index in [-0.39, 0.29) is 29.1 Å². The Balaban J connectivity index is 1.40. The fraction of sp³-hybridized carbons (Fsp3) is 0.568. The van der Waals surface area contributed by atoms with E-state index in [4.69, 9.17) is 4.74 Å². The second-order valence-corrected chi connectivity index (χ2v) is 13.8. The van der Waals surface area contributed by atoms with Crippen LogP contribution in [0.5, 0.6) is 0 Å². The maximum absolute atomic E-state index is 14.2. The van der Waals surface area contributed by atoms with Crippen LogP contribution in [0.1, 0.15) is 117 Å². The summed E-state index contributed by atoms with van der Waals surface area (Å²) < 4.78 is 6.48. The van der Waals surface area contributed by atoms with Crippen molar-refractivity contribution in [3.63, 3.8) is 0 Å². The van der Waals surface area contributed by atoms with Crippen LogP contribution in [0.3, 0.4) is 0 Å². The second-order valence-electron chi connectivity index (χ2n) is 13.8. The Bertz CT molecular complexity index is 1330. The van der Waals surface area contributed by atoms with Gasteiger partial charge in [0.1, 0.15) is 5.60 Å². The van der Waals surface area contributed by atoms with Crippen molar-refractivity contribution in [2.75, 3.05) is 6.54 Å². The minimum absolute atomic E-state index is 0.0782. The molecule has 1 aliphatic heterocycles. The van der Waals surface area contributed by atoms with Gasteiger partial charge in [0.05, 0.1) is 12.6 Å². The first-order valence-electron chi connectivity index (χ1n) is 16.3. The summed E-state index contributed by atoms with van der Waals surface area (Å²) in [6.45, 7) is 5.61. The third-order valence-electron chi connectivity index (χ3n) is 11.1. The van der Waals surface area contributed by atoms with Gasteiger partial charge in [-0.25, -0.2) is 4.79 Å². The molecule has 1 amide bonds. The van der Waals surface area contributed by atoms with E-state index in [0.717, 1.165) is 80.0 Å². The van der Waals surface area contributed by atoms with Crippen LogP contribution in [0, 0.1) is 11.3 Å². The van der Waals surface area contributed by atoms with Gasteiger partial charge in [0, 0.05) is 23.4 Å². The molecule has 1 saturated heterocycles. The van der Waals surface area contributed by atoms with Crippen LogP contribution in [-0.2, 0) is 17.7 Å². The highest BCUT2D eigenvalue weighted by atomic mass is 16.6. The predicted molar refractivity (Wildman–Crippen MR) is 165 cm³/mol. The van der Waals surface area contributed by atoms with Gasteiger partial charge in [-0.05, 0) is 93.4 Å². The summed E-state index contributed by atoms with van der Waals surface area (Å²) in [5.74, 6) is 0.468. The molecule has 2 saturated carbocycles. The minimum atomic E-state index is -0.595. The number of aliphatic hydroxyl groups is 1. The molecule has 1 N–H and O–H groups in total. The van der Waals surface area contributed by atoms with Crippen LogP contribution in [0.4, 0.5) is 4.79 Å². The molecule has 5 aliphatic rings. The van der Waals surface area contributed by atoms with Gasteiger partial charge in [-0.1, -0.05) is 80.3 Å². The van der Waals surface area contributed by atoms with E-state index in [1.807, 2.05) is 23.1 Å². The van der Waals surface area contributed by atoms with Gasteiger partial charge in [0.15, 0.2) is 5.78 Å². The smallest absolute Gasteiger partial charge is 0.410 e. The zero-order valence-corrected chi connectivity index (χ0v) is 25.4. The zero-order chi connectivity index (χ0) is 29.3. The highest BCUT2D eigenvalue weighted by molar-refractivity contribution is 5.99. The standard InChI is InChI=1S/C37H47NO4/c1-26-10-9-20-36(2)33(19-21-37(36)25-38(35(41)42-37)24-27-11-5-3-6-12-27)31-18-16-28(22-30(39)17-15-26)23-32(31)34(40)29-13-7-4-8-14-29/h3,5-6,10-12,16,18,23,29-30,33,39H,4,7-9,13-15,17,19-22,24-25H2,1-2H3/t30-,33-,36-,37+/m0/s1. The number of nitrogens with zero attached hydrogens (tertiary/aromatic N) is 1. The van der Waals surface area contributed by atoms with Crippen molar-refractivity contribution >= 4 is 11.9 Å². The maximum atomic E-state index is 14.2. The molecule has 4 aliphatic carbocycles. The Kier molecular flexibility index (Phi) is 8.33. The average Bonchev–Trinajstić information content (AvgIpc) is 3.46. The van der Waals surface area contributed by atoms with Crippen LogP contribution in [0.25, 0.3) is 0 Å². The first kappa shape index (κ1) is 29.2. The van der Waals surface area contributed by atoms with Crippen LogP contribution in [-0.4, -0.2) is 40.1 Å². The summed E-state index contributed by atoms with van der Waals surface area (Å²) in [6.07, 6.45) is 12.6. The van der Waals surface area contributed by atoms with Gasteiger partial charge in [-0.2, -0.15) is 0 Å². The van der Waals surface area contributed by atoms with Crippen molar-refractivity contribution in [1.82, 2.24) is 4.90 Å². The number of amides is 1. The molecule has 4 atom stereocenters. The van der Waals surface area contributed by atoms with Gasteiger partial charge < -0.3 is 9.84 Å². The lowest BCUT2D eigenvalue weighted by Crippen LogP contribution is -2.48. The summed E-state index contributed by atoms with van der Waals surface area (Å²) in [4.78, 5) is 29.5. The maximum Gasteiger partial charge on any atom is 0.410 e. The summed E-state index contributed by atoms with van der Waals surface area (Å²) in [7, 11) is 0. The molecule has 1 heterocycles. The van der Waals surface area contributed by atoms with E-state index in [0.29, 0.717) is 25.9 Å². The fourth-order valence-electron chi connectivity index (χ4n) is 8.51. The van der Waals surface area contributed by atoms with Crippen LogP contribution >= 0.6 is 0 Å². The predicted octanol–water partition coefficient (Wildman–Crippen LogP) is 8.15. The molecular formula is C37H47NO4. The first-order valence-corrected chi connectivity index (χ1v) is 16.3. The van der Waals surface area contributed by atoms with E-state index >= 15 is 0 Å². The number of carbonyl (C=O) groups excluding carboxylic acids is 2. The van der Waals surface area contributed by atoms with Gasteiger partial charge in [-0.15, -0.1) is 0 Å². The number of benzene rings is 2. The van der Waals surface area contributed by atoms with Crippen molar-refractivity contribution in [3.8, 4) is 0 Å². The zero-order valence-electron chi connectivity index (χ0n) is 25.4. The third kappa shape index (κ3) is 5.57. The van der Waals surface area contributed by atoms with Crippen molar-refractivity contribution in [2.45, 2.75) is 115 Å². The molecule has 42 heavy (non-hydrogen) atoms. The van der Waals surface area contributed by atoms with E-state index < -0.39 is 11.7 Å². The molecule has 2 aromatic rings. The Labute approximate surface area is 251 Å². The Hall–Kier alpha value is -2.92. The number of Topliss-reactive ketones (excluding diaryl/α,β-unsaturated/α-hetero) is 1. The van der Waals surface area contributed by atoms with Gasteiger partial charge in [0.2, 0.25) is 0 Å². The summed E-state index contributed by atoms with van der Waals surface area (Å²) in [5, 5.41) is 10.9. The number of ether oxygens (including phenoxy) is 1. The molecule has 2 aromatic carbocycles. The lowest BCUT2D eigenvalue weighted by Gasteiger charge is -2.43. The number of rotatable bonds is 4. The summed E-state index contributed by atoms with van der Waals surface area (Å²) in [6, 6.07) is 16.6. The highest BCUT2D eigenvalue weighted by Gasteiger charge is 2.64. The largest absolute Gasteiger partial charge is 0.440 e. The molecule has 0 unspecified atom stereocenters. The quantitative estimate of drug-likeness (QED) is 0.298. The summed E-state index contributed by atoms with van der Waals surface area (Å²) >= 11 is 0. The number of ketones is 1.